The lowest BCUT2D eigenvalue weighted by Crippen LogP contribution is -2.11. The molecular formula is C12H8F3N5O. The van der Waals surface area contributed by atoms with Crippen molar-refractivity contribution in [1.82, 2.24) is 19.9 Å². The number of H-pyrrole nitrogens is 2. The zero-order valence-corrected chi connectivity index (χ0v) is 10.3. The van der Waals surface area contributed by atoms with E-state index in [0.717, 1.165) is 12.1 Å². The van der Waals surface area contributed by atoms with Crippen LogP contribution in [0.3, 0.4) is 0 Å². The highest BCUT2D eigenvalue weighted by Gasteiger charge is 2.30. The van der Waals surface area contributed by atoms with Crippen molar-refractivity contribution in [3.8, 4) is 0 Å². The van der Waals surface area contributed by atoms with Crippen LogP contribution in [0.2, 0.25) is 0 Å². The van der Waals surface area contributed by atoms with Crippen molar-refractivity contribution in [3.63, 3.8) is 0 Å². The van der Waals surface area contributed by atoms with Crippen LogP contribution >= 0.6 is 0 Å². The van der Waals surface area contributed by atoms with E-state index in [-0.39, 0.29) is 22.8 Å². The molecule has 2 heterocycles. The second kappa shape index (κ2) is 4.62. The van der Waals surface area contributed by atoms with Gasteiger partial charge in [-0.25, -0.2) is 4.98 Å². The Morgan fingerprint density at radius 2 is 2.05 bits per heavy atom. The van der Waals surface area contributed by atoms with E-state index in [1.165, 1.54) is 18.5 Å². The zero-order chi connectivity index (χ0) is 15.0. The third-order valence-corrected chi connectivity index (χ3v) is 2.75. The molecule has 3 rings (SSSR count). The van der Waals surface area contributed by atoms with Gasteiger partial charge in [0, 0.05) is 5.69 Å². The fourth-order valence-electron chi connectivity index (χ4n) is 1.81. The number of alkyl halides is 3. The molecule has 0 atom stereocenters. The Balaban J connectivity index is 1.97. The third-order valence-electron chi connectivity index (χ3n) is 2.75. The van der Waals surface area contributed by atoms with Gasteiger partial charge in [0.1, 0.15) is 0 Å². The molecule has 0 aliphatic carbocycles. The average Bonchev–Trinajstić information content (AvgIpc) is 2.87. The van der Waals surface area contributed by atoms with Gasteiger partial charge in [-0.3, -0.25) is 9.78 Å². The lowest BCUT2D eigenvalue weighted by molar-refractivity contribution is -0.137. The maximum absolute atomic E-state index is 12.6. The molecule has 21 heavy (non-hydrogen) atoms. The van der Waals surface area contributed by atoms with Gasteiger partial charge in [-0.05, 0) is 18.2 Å². The van der Waals surface area contributed by atoms with Gasteiger partial charge in [0.25, 0.3) is 5.56 Å². The molecule has 0 amide bonds. The number of imidazole rings is 1. The summed E-state index contributed by atoms with van der Waals surface area (Å²) in [5.74, 6) is 0.0129. The number of benzene rings is 1. The Morgan fingerprint density at radius 3 is 2.81 bits per heavy atom. The van der Waals surface area contributed by atoms with Crippen LogP contribution in [0.5, 0.6) is 0 Å². The summed E-state index contributed by atoms with van der Waals surface area (Å²) < 4.78 is 37.9. The normalized spacial score (nSPS) is 11.8. The molecule has 0 saturated carbocycles. The van der Waals surface area contributed by atoms with Gasteiger partial charge >= 0.3 is 6.18 Å². The minimum absolute atomic E-state index is 0.0129. The minimum atomic E-state index is -4.44. The molecular weight excluding hydrogens is 287 g/mol. The second-order valence-electron chi connectivity index (χ2n) is 4.22. The van der Waals surface area contributed by atoms with Gasteiger partial charge in [-0.2, -0.15) is 18.2 Å². The summed E-state index contributed by atoms with van der Waals surface area (Å²) >= 11 is 0. The van der Waals surface area contributed by atoms with Gasteiger partial charge in [-0.15, -0.1) is 0 Å². The van der Waals surface area contributed by atoms with Crippen molar-refractivity contribution >= 4 is 22.8 Å². The molecule has 0 aliphatic rings. The first-order valence-electron chi connectivity index (χ1n) is 5.81. The van der Waals surface area contributed by atoms with E-state index in [2.05, 4.69) is 25.3 Å². The smallest absolute Gasteiger partial charge is 0.339 e. The highest BCUT2D eigenvalue weighted by atomic mass is 19.4. The largest absolute Gasteiger partial charge is 0.416 e. The molecule has 9 heteroatoms. The molecule has 6 nitrogen and oxygen atoms in total. The van der Waals surface area contributed by atoms with Crippen molar-refractivity contribution in [1.29, 1.82) is 0 Å². The summed E-state index contributed by atoms with van der Waals surface area (Å²) in [5, 5.41) is 2.62. The molecule has 0 spiro atoms. The average molecular weight is 295 g/mol. The minimum Gasteiger partial charge on any atom is -0.339 e. The van der Waals surface area contributed by atoms with Crippen LogP contribution in [0.15, 0.2) is 35.4 Å². The van der Waals surface area contributed by atoms with Crippen molar-refractivity contribution in [2.75, 3.05) is 5.32 Å². The van der Waals surface area contributed by atoms with Crippen molar-refractivity contribution in [2.45, 2.75) is 6.18 Å². The predicted molar refractivity (Wildman–Crippen MR) is 69.2 cm³/mol. The van der Waals surface area contributed by atoms with E-state index in [4.69, 9.17) is 0 Å². The Labute approximate surface area is 115 Å². The maximum atomic E-state index is 12.6. The molecule has 0 unspecified atom stereocenters. The van der Waals surface area contributed by atoms with E-state index in [1.807, 2.05) is 0 Å². The Morgan fingerprint density at radius 1 is 1.24 bits per heavy atom. The summed E-state index contributed by atoms with van der Waals surface area (Å²) in [4.78, 5) is 24.5. The van der Waals surface area contributed by atoms with Gasteiger partial charge in [-0.1, -0.05) is 6.07 Å². The fraction of sp³-hybridized carbons (Fsp3) is 0.0833. The van der Waals surface area contributed by atoms with Crippen molar-refractivity contribution < 1.29 is 13.2 Å². The van der Waals surface area contributed by atoms with Gasteiger partial charge in [0.05, 0.1) is 11.9 Å². The SMILES string of the molecule is O=c1[nH]c(Nc2cccc(C(F)(F)F)c2)nc2nc[nH]c12. The zero-order valence-electron chi connectivity index (χ0n) is 10.3. The summed E-state index contributed by atoms with van der Waals surface area (Å²) in [5.41, 5.74) is -0.733. The molecule has 3 aromatic rings. The molecule has 2 aromatic heterocycles. The van der Waals surface area contributed by atoms with Crippen molar-refractivity contribution in [3.05, 3.63) is 46.5 Å². The van der Waals surface area contributed by atoms with Gasteiger partial charge < -0.3 is 10.3 Å². The second-order valence-corrected chi connectivity index (χ2v) is 4.22. The quantitative estimate of drug-likeness (QED) is 0.677. The molecule has 0 bridgehead atoms. The molecule has 3 N–H and O–H groups in total. The first-order valence-corrected chi connectivity index (χ1v) is 5.81. The van der Waals surface area contributed by atoms with Crippen LogP contribution in [0.1, 0.15) is 5.56 Å². The van der Waals surface area contributed by atoms with Crippen LogP contribution in [-0.2, 0) is 6.18 Å². The summed E-state index contributed by atoms with van der Waals surface area (Å²) in [6, 6.07) is 4.58. The predicted octanol–water partition coefficient (Wildman–Crippen LogP) is 2.41. The standard InChI is InChI=1S/C12H8F3N5O/c13-12(14,15)6-2-1-3-7(4-6)18-11-19-9-8(10(21)20-11)16-5-17-9/h1-5H,(H3,16,17,18,19,20,21). The Bertz CT molecular complexity index is 852. The van der Waals surface area contributed by atoms with Crippen molar-refractivity contribution in [2.24, 2.45) is 0 Å². The highest BCUT2D eigenvalue weighted by Crippen LogP contribution is 2.31. The van der Waals surface area contributed by atoms with E-state index < -0.39 is 17.3 Å². The number of aromatic amines is 2. The summed E-state index contributed by atoms with van der Waals surface area (Å²) in [6.07, 6.45) is -3.13. The van der Waals surface area contributed by atoms with Crippen LogP contribution in [0.4, 0.5) is 24.8 Å². The molecule has 1 aromatic carbocycles. The number of fused-ring (bicyclic) bond motifs is 1. The molecule has 108 valence electrons. The highest BCUT2D eigenvalue weighted by molar-refractivity contribution is 5.70. The topological polar surface area (TPSA) is 86.5 Å². The number of hydrogen-bond donors (Lipinski definition) is 3. The lowest BCUT2D eigenvalue weighted by atomic mass is 10.2. The van der Waals surface area contributed by atoms with Gasteiger partial charge in [0.15, 0.2) is 11.2 Å². The van der Waals surface area contributed by atoms with Crippen LogP contribution < -0.4 is 10.9 Å². The van der Waals surface area contributed by atoms with Gasteiger partial charge in [0.2, 0.25) is 5.95 Å². The maximum Gasteiger partial charge on any atom is 0.416 e. The molecule has 0 fully saturated rings. The number of nitrogens with zero attached hydrogens (tertiary/aromatic N) is 2. The summed E-state index contributed by atoms with van der Waals surface area (Å²) in [6.45, 7) is 0. The number of halogens is 3. The fourth-order valence-corrected chi connectivity index (χ4v) is 1.81. The first-order chi connectivity index (χ1) is 9.93. The Hall–Kier alpha value is -2.84. The summed E-state index contributed by atoms with van der Waals surface area (Å²) in [7, 11) is 0. The Kier molecular flexibility index (Phi) is 2.89. The number of aromatic nitrogens is 4. The van der Waals surface area contributed by atoms with E-state index in [9.17, 15) is 18.0 Å². The molecule has 0 aliphatic heterocycles. The van der Waals surface area contributed by atoms with E-state index >= 15 is 0 Å². The van der Waals surface area contributed by atoms with Crippen LogP contribution in [0.25, 0.3) is 11.2 Å². The van der Waals surface area contributed by atoms with Crippen LogP contribution in [-0.4, -0.2) is 19.9 Å². The number of rotatable bonds is 2. The molecule has 0 saturated heterocycles. The van der Waals surface area contributed by atoms with E-state index in [1.54, 1.807) is 0 Å². The lowest BCUT2D eigenvalue weighted by Gasteiger charge is -2.09. The third kappa shape index (κ3) is 2.57. The first kappa shape index (κ1) is 13.2. The monoisotopic (exact) mass is 295 g/mol. The van der Waals surface area contributed by atoms with Crippen LogP contribution in [0, 0.1) is 0 Å². The molecule has 0 radical (unpaired) electrons. The number of hydrogen-bond acceptors (Lipinski definition) is 4. The van der Waals surface area contributed by atoms with E-state index in [0.29, 0.717) is 0 Å². The number of anilines is 2. The number of nitrogens with one attached hydrogen (secondary N) is 3.